The predicted molar refractivity (Wildman–Crippen MR) is 62.7 cm³/mol. The van der Waals surface area contributed by atoms with Crippen LogP contribution >= 0.6 is 0 Å². The molecule has 6 heteroatoms. The average molecular weight is 237 g/mol. The normalized spacial score (nSPS) is 11.6. The number of rotatable bonds is 5. The summed E-state index contributed by atoms with van der Waals surface area (Å²) in [4.78, 5) is 26.1. The van der Waals surface area contributed by atoms with Gasteiger partial charge >= 0.3 is 12.0 Å². The molecule has 0 unspecified atom stereocenters. The fraction of sp³-hybridized carbons (Fsp3) is 0.364. The lowest BCUT2D eigenvalue weighted by molar-refractivity contribution is -0.139. The number of carboxylic acids is 1. The summed E-state index contributed by atoms with van der Waals surface area (Å²) in [6.07, 6.45) is 4.15. The minimum Gasteiger partial charge on any atom is -0.480 e. The number of pyridine rings is 1. The summed E-state index contributed by atoms with van der Waals surface area (Å²) < 4.78 is 0. The number of amides is 2. The van der Waals surface area contributed by atoms with Crippen molar-refractivity contribution < 1.29 is 14.7 Å². The second-order valence-corrected chi connectivity index (χ2v) is 3.52. The van der Waals surface area contributed by atoms with Crippen LogP contribution in [-0.2, 0) is 4.79 Å². The summed E-state index contributed by atoms with van der Waals surface area (Å²) in [6.45, 7) is 1.86. The van der Waals surface area contributed by atoms with Gasteiger partial charge < -0.3 is 15.7 Å². The standard InChI is InChI=1S/C11H15N3O3/c1-2-4-9(10(15)16)14-11(17)13-8-5-3-6-12-7-8/h3,5-7,9H,2,4H2,1H3,(H,15,16)(H2,13,14,17)/t9-/m0/s1. The minimum atomic E-state index is -1.03. The molecule has 17 heavy (non-hydrogen) atoms. The van der Waals surface area contributed by atoms with Crippen LogP contribution in [0.2, 0.25) is 0 Å². The van der Waals surface area contributed by atoms with E-state index in [4.69, 9.17) is 5.11 Å². The van der Waals surface area contributed by atoms with Gasteiger partial charge in [-0.1, -0.05) is 13.3 Å². The number of aliphatic carboxylic acids is 1. The zero-order chi connectivity index (χ0) is 12.7. The molecule has 1 heterocycles. The van der Waals surface area contributed by atoms with Gasteiger partial charge in [-0.25, -0.2) is 9.59 Å². The molecule has 92 valence electrons. The molecular weight excluding hydrogens is 222 g/mol. The summed E-state index contributed by atoms with van der Waals surface area (Å²) in [5.41, 5.74) is 0.519. The Bertz CT molecular complexity index is 381. The topological polar surface area (TPSA) is 91.3 Å². The molecule has 0 bridgehead atoms. The number of hydrogen-bond acceptors (Lipinski definition) is 3. The van der Waals surface area contributed by atoms with Crippen molar-refractivity contribution in [3.8, 4) is 0 Å². The van der Waals surface area contributed by atoms with Gasteiger partial charge in [0, 0.05) is 6.20 Å². The maximum absolute atomic E-state index is 11.5. The van der Waals surface area contributed by atoms with Crippen molar-refractivity contribution in [2.24, 2.45) is 0 Å². The predicted octanol–water partition coefficient (Wildman–Crippen LogP) is 1.46. The minimum absolute atomic E-state index is 0.399. The molecule has 1 aromatic heterocycles. The van der Waals surface area contributed by atoms with Gasteiger partial charge in [-0.05, 0) is 18.6 Å². The molecule has 0 saturated carbocycles. The fourth-order valence-electron chi connectivity index (χ4n) is 1.31. The smallest absolute Gasteiger partial charge is 0.326 e. The molecule has 1 rings (SSSR count). The average Bonchev–Trinajstić information content (AvgIpc) is 2.29. The zero-order valence-corrected chi connectivity index (χ0v) is 9.51. The van der Waals surface area contributed by atoms with Crippen molar-refractivity contribution in [3.05, 3.63) is 24.5 Å². The third-order valence-electron chi connectivity index (χ3n) is 2.10. The first kappa shape index (κ1) is 13.0. The summed E-state index contributed by atoms with van der Waals surface area (Å²) in [6, 6.07) is 1.94. The number of anilines is 1. The highest BCUT2D eigenvalue weighted by atomic mass is 16.4. The number of nitrogens with zero attached hydrogens (tertiary/aromatic N) is 1. The monoisotopic (exact) mass is 237 g/mol. The Kier molecular flexibility index (Phi) is 4.93. The highest BCUT2D eigenvalue weighted by Crippen LogP contribution is 2.03. The van der Waals surface area contributed by atoms with E-state index in [-0.39, 0.29) is 0 Å². The van der Waals surface area contributed by atoms with E-state index in [0.29, 0.717) is 18.5 Å². The lowest BCUT2D eigenvalue weighted by Gasteiger charge is -2.13. The van der Waals surface area contributed by atoms with E-state index in [2.05, 4.69) is 15.6 Å². The highest BCUT2D eigenvalue weighted by Gasteiger charge is 2.18. The van der Waals surface area contributed by atoms with Crippen molar-refractivity contribution in [3.63, 3.8) is 0 Å². The molecule has 1 atom stereocenters. The van der Waals surface area contributed by atoms with Crippen molar-refractivity contribution in [2.75, 3.05) is 5.32 Å². The van der Waals surface area contributed by atoms with Crippen molar-refractivity contribution in [1.82, 2.24) is 10.3 Å². The quantitative estimate of drug-likeness (QED) is 0.722. The van der Waals surface area contributed by atoms with Crippen LogP contribution in [0, 0.1) is 0 Å². The molecule has 0 aromatic carbocycles. The molecule has 0 saturated heterocycles. The molecule has 6 nitrogen and oxygen atoms in total. The van der Waals surface area contributed by atoms with Crippen LogP contribution in [0.3, 0.4) is 0 Å². The zero-order valence-electron chi connectivity index (χ0n) is 9.51. The van der Waals surface area contributed by atoms with Crippen LogP contribution in [0.1, 0.15) is 19.8 Å². The van der Waals surface area contributed by atoms with Gasteiger partial charge in [0.2, 0.25) is 0 Å². The van der Waals surface area contributed by atoms with Gasteiger partial charge in [-0.2, -0.15) is 0 Å². The second kappa shape index (κ2) is 6.47. The lowest BCUT2D eigenvalue weighted by atomic mass is 10.2. The van der Waals surface area contributed by atoms with Gasteiger partial charge in [0.05, 0.1) is 11.9 Å². The molecular formula is C11H15N3O3. The van der Waals surface area contributed by atoms with E-state index >= 15 is 0 Å². The summed E-state index contributed by atoms with van der Waals surface area (Å²) >= 11 is 0. The van der Waals surface area contributed by atoms with Gasteiger partial charge in [0.15, 0.2) is 0 Å². The Morgan fingerprint density at radius 3 is 2.82 bits per heavy atom. The molecule has 0 radical (unpaired) electrons. The molecule has 1 aromatic rings. The van der Waals surface area contributed by atoms with E-state index in [1.807, 2.05) is 6.92 Å². The van der Waals surface area contributed by atoms with Crippen LogP contribution in [0.15, 0.2) is 24.5 Å². The molecule has 0 aliphatic rings. The maximum Gasteiger partial charge on any atom is 0.326 e. The first-order valence-corrected chi connectivity index (χ1v) is 5.33. The fourth-order valence-corrected chi connectivity index (χ4v) is 1.31. The van der Waals surface area contributed by atoms with Gasteiger partial charge in [-0.15, -0.1) is 0 Å². The van der Waals surface area contributed by atoms with Crippen molar-refractivity contribution in [1.29, 1.82) is 0 Å². The number of carbonyl (C=O) groups excluding carboxylic acids is 1. The van der Waals surface area contributed by atoms with E-state index in [0.717, 1.165) is 0 Å². The highest BCUT2D eigenvalue weighted by molar-refractivity contribution is 5.92. The number of nitrogens with one attached hydrogen (secondary N) is 2. The van der Waals surface area contributed by atoms with E-state index < -0.39 is 18.0 Å². The molecule has 0 aliphatic heterocycles. The second-order valence-electron chi connectivity index (χ2n) is 3.52. The Hall–Kier alpha value is -2.11. The molecule has 2 amide bonds. The number of aromatic nitrogens is 1. The van der Waals surface area contributed by atoms with E-state index in [9.17, 15) is 9.59 Å². The van der Waals surface area contributed by atoms with Gasteiger partial charge in [-0.3, -0.25) is 4.98 Å². The molecule has 0 spiro atoms. The van der Waals surface area contributed by atoms with Crippen LogP contribution < -0.4 is 10.6 Å². The number of carboxylic acid groups (broad SMARTS) is 1. The third kappa shape index (κ3) is 4.50. The molecule has 0 aliphatic carbocycles. The van der Waals surface area contributed by atoms with Gasteiger partial charge in [0.1, 0.15) is 6.04 Å². The van der Waals surface area contributed by atoms with Crippen LogP contribution in [-0.4, -0.2) is 28.1 Å². The largest absolute Gasteiger partial charge is 0.480 e. The number of hydrogen-bond donors (Lipinski definition) is 3. The Morgan fingerprint density at radius 2 is 2.29 bits per heavy atom. The Balaban J connectivity index is 2.51. The van der Waals surface area contributed by atoms with Crippen LogP contribution in [0.5, 0.6) is 0 Å². The summed E-state index contributed by atoms with van der Waals surface area (Å²) in [5, 5.41) is 13.8. The van der Waals surface area contributed by atoms with E-state index in [1.165, 1.54) is 6.20 Å². The Morgan fingerprint density at radius 1 is 1.53 bits per heavy atom. The third-order valence-corrected chi connectivity index (χ3v) is 2.10. The van der Waals surface area contributed by atoms with E-state index in [1.54, 1.807) is 18.3 Å². The SMILES string of the molecule is CCC[C@H](NC(=O)Nc1cccnc1)C(=O)O. The number of carbonyl (C=O) groups is 2. The lowest BCUT2D eigenvalue weighted by Crippen LogP contribution is -2.42. The maximum atomic E-state index is 11.5. The summed E-state index contributed by atoms with van der Waals surface area (Å²) in [5.74, 6) is -1.03. The van der Waals surface area contributed by atoms with Gasteiger partial charge in [0.25, 0.3) is 0 Å². The first-order valence-electron chi connectivity index (χ1n) is 5.33. The van der Waals surface area contributed by atoms with Crippen molar-refractivity contribution in [2.45, 2.75) is 25.8 Å². The number of urea groups is 1. The molecule has 3 N–H and O–H groups in total. The molecule has 0 fully saturated rings. The Labute approximate surface area is 99.1 Å². The van der Waals surface area contributed by atoms with Crippen molar-refractivity contribution >= 4 is 17.7 Å². The summed E-state index contributed by atoms with van der Waals surface area (Å²) in [7, 11) is 0. The van der Waals surface area contributed by atoms with Crippen LogP contribution in [0.25, 0.3) is 0 Å². The van der Waals surface area contributed by atoms with Crippen LogP contribution in [0.4, 0.5) is 10.5 Å². The first-order chi connectivity index (χ1) is 8.13.